The third-order valence-electron chi connectivity index (χ3n) is 2.06. The van der Waals surface area contributed by atoms with Crippen LogP contribution in [0.4, 0.5) is 0 Å². The van der Waals surface area contributed by atoms with Crippen LogP contribution in [-0.2, 0) is 6.42 Å². The average molecular weight is 225 g/mol. The Kier molecular flexibility index (Phi) is 4.62. The van der Waals surface area contributed by atoms with Gasteiger partial charge < -0.3 is 10.6 Å². The van der Waals surface area contributed by atoms with Crippen molar-refractivity contribution >= 4 is 17.3 Å². The highest BCUT2D eigenvalue weighted by Crippen LogP contribution is 2.09. The summed E-state index contributed by atoms with van der Waals surface area (Å²) in [6.45, 7) is 4.97. The molecule has 0 bridgehead atoms. The van der Waals surface area contributed by atoms with Crippen LogP contribution in [0.15, 0.2) is 22.5 Å². The van der Waals surface area contributed by atoms with E-state index in [9.17, 15) is 0 Å². The molecule has 1 rings (SSSR count). The molecule has 1 aromatic rings. The summed E-state index contributed by atoms with van der Waals surface area (Å²) in [7, 11) is 1.98. The fourth-order valence-corrected chi connectivity index (χ4v) is 1.91. The van der Waals surface area contributed by atoms with Gasteiger partial charge in [0.25, 0.3) is 0 Å². The van der Waals surface area contributed by atoms with Gasteiger partial charge in [0.05, 0.1) is 0 Å². The van der Waals surface area contributed by atoms with E-state index in [1.807, 2.05) is 25.8 Å². The number of rotatable bonds is 4. The molecule has 0 aliphatic carbocycles. The maximum absolute atomic E-state index is 5.84. The largest absolute Gasteiger partial charge is 0.370 e. The maximum atomic E-state index is 5.84. The lowest BCUT2D eigenvalue weighted by molar-refractivity contribution is 0.499. The van der Waals surface area contributed by atoms with Crippen molar-refractivity contribution in [3.05, 3.63) is 22.4 Å². The molecular formula is C11H19N3S. The minimum atomic E-state index is 0.259. The summed E-state index contributed by atoms with van der Waals surface area (Å²) in [5.74, 6) is 0.626. The summed E-state index contributed by atoms with van der Waals surface area (Å²) in [4.78, 5) is 7.69. The lowest BCUT2D eigenvalue weighted by Crippen LogP contribution is -2.36. The van der Waals surface area contributed by atoms with Gasteiger partial charge >= 0.3 is 0 Å². The fraction of sp³-hybridized carbons (Fsp3) is 0.545. The van der Waals surface area contributed by atoms with Crippen LogP contribution in [0.2, 0.25) is 0 Å². The van der Waals surface area contributed by atoms with Crippen LogP contribution in [0.5, 0.6) is 0 Å². The van der Waals surface area contributed by atoms with Crippen molar-refractivity contribution in [3.8, 4) is 0 Å². The zero-order valence-corrected chi connectivity index (χ0v) is 10.4. The van der Waals surface area contributed by atoms with E-state index in [-0.39, 0.29) is 6.04 Å². The number of hydrogen-bond acceptors (Lipinski definition) is 2. The van der Waals surface area contributed by atoms with Crippen molar-refractivity contribution < 1.29 is 0 Å². The third-order valence-corrected chi connectivity index (χ3v) is 2.99. The van der Waals surface area contributed by atoms with Crippen LogP contribution in [0.1, 0.15) is 18.7 Å². The molecule has 84 valence electrons. The van der Waals surface area contributed by atoms with E-state index in [1.165, 1.54) is 4.88 Å². The molecule has 0 amide bonds. The van der Waals surface area contributed by atoms with Crippen molar-refractivity contribution in [2.75, 3.05) is 13.6 Å². The van der Waals surface area contributed by atoms with Crippen LogP contribution in [0.3, 0.4) is 0 Å². The zero-order chi connectivity index (χ0) is 11.3. The molecule has 1 heterocycles. The SMILES string of the molecule is CC(C)N=C(N)N(C)CCc1cccs1. The van der Waals surface area contributed by atoms with Gasteiger partial charge in [-0.2, -0.15) is 0 Å². The van der Waals surface area contributed by atoms with Crippen LogP contribution in [0, 0.1) is 0 Å². The lowest BCUT2D eigenvalue weighted by Gasteiger charge is -2.18. The number of nitrogens with two attached hydrogens (primary N) is 1. The van der Waals surface area contributed by atoms with Crippen molar-refractivity contribution in [2.24, 2.45) is 10.7 Å². The van der Waals surface area contributed by atoms with Crippen LogP contribution >= 0.6 is 11.3 Å². The van der Waals surface area contributed by atoms with Crippen LogP contribution in [0.25, 0.3) is 0 Å². The highest BCUT2D eigenvalue weighted by molar-refractivity contribution is 7.09. The minimum absolute atomic E-state index is 0.259. The van der Waals surface area contributed by atoms with Gasteiger partial charge in [0.2, 0.25) is 0 Å². The first-order chi connectivity index (χ1) is 7.09. The maximum Gasteiger partial charge on any atom is 0.191 e. The molecule has 0 saturated heterocycles. The summed E-state index contributed by atoms with van der Waals surface area (Å²) in [6, 6.07) is 4.48. The Labute approximate surface area is 95.6 Å². The van der Waals surface area contributed by atoms with Gasteiger partial charge in [-0.05, 0) is 31.7 Å². The van der Waals surface area contributed by atoms with E-state index in [2.05, 4.69) is 22.5 Å². The molecular weight excluding hydrogens is 206 g/mol. The summed E-state index contributed by atoms with van der Waals surface area (Å²) in [6.07, 6.45) is 1.03. The van der Waals surface area contributed by atoms with Gasteiger partial charge in [0, 0.05) is 24.5 Å². The van der Waals surface area contributed by atoms with E-state index < -0.39 is 0 Å². The standard InChI is InChI=1S/C11H19N3S/c1-9(2)13-11(12)14(3)7-6-10-5-4-8-15-10/h4-5,8-9H,6-7H2,1-3H3,(H2,12,13). The Morgan fingerprint density at radius 1 is 1.60 bits per heavy atom. The normalized spacial score (nSPS) is 12.1. The number of aliphatic imine (C=N–C) groups is 1. The highest BCUT2D eigenvalue weighted by atomic mass is 32.1. The van der Waals surface area contributed by atoms with E-state index in [0.717, 1.165) is 13.0 Å². The molecule has 0 fully saturated rings. The quantitative estimate of drug-likeness (QED) is 0.628. The Bertz CT molecular complexity index is 304. The lowest BCUT2D eigenvalue weighted by atomic mass is 10.3. The second kappa shape index (κ2) is 5.75. The second-order valence-electron chi connectivity index (χ2n) is 3.83. The molecule has 15 heavy (non-hydrogen) atoms. The minimum Gasteiger partial charge on any atom is -0.370 e. The number of thiophene rings is 1. The van der Waals surface area contributed by atoms with Crippen molar-refractivity contribution in [2.45, 2.75) is 26.3 Å². The molecule has 3 nitrogen and oxygen atoms in total. The number of likely N-dealkylation sites (N-methyl/N-ethyl adjacent to an activating group) is 1. The molecule has 0 unspecified atom stereocenters. The summed E-state index contributed by atoms with van der Waals surface area (Å²) >= 11 is 1.78. The number of hydrogen-bond donors (Lipinski definition) is 1. The molecule has 1 aromatic heterocycles. The monoisotopic (exact) mass is 225 g/mol. The van der Waals surface area contributed by atoms with E-state index in [4.69, 9.17) is 5.73 Å². The molecule has 0 aromatic carbocycles. The highest BCUT2D eigenvalue weighted by Gasteiger charge is 2.03. The first-order valence-electron chi connectivity index (χ1n) is 5.16. The average Bonchev–Trinajstić information content (AvgIpc) is 2.65. The van der Waals surface area contributed by atoms with Crippen molar-refractivity contribution in [3.63, 3.8) is 0 Å². The van der Waals surface area contributed by atoms with Gasteiger partial charge in [-0.1, -0.05) is 6.07 Å². The van der Waals surface area contributed by atoms with Crippen molar-refractivity contribution in [1.29, 1.82) is 0 Å². The van der Waals surface area contributed by atoms with Gasteiger partial charge in [0.15, 0.2) is 5.96 Å². The first-order valence-corrected chi connectivity index (χ1v) is 6.04. The molecule has 0 radical (unpaired) electrons. The molecule has 0 atom stereocenters. The molecule has 4 heteroatoms. The third kappa shape index (κ3) is 4.34. The molecule has 0 saturated carbocycles. The molecule has 0 aliphatic heterocycles. The summed E-state index contributed by atoms with van der Waals surface area (Å²) < 4.78 is 0. The van der Waals surface area contributed by atoms with Crippen LogP contribution in [-0.4, -0.2) is 30.5 Å². The van der Waals surface area contributed by atoms with Gasteiger partial charge in [0.1, 0.15) is 0 Å². The zero-order valence-electron chi connectivity index (χ0n) is 9.60. The molecule has 0 spiro atoms. The summed E-state index contributed by atoms with van der Waals surface area (Å²) in [5.41, 5.74) is 5.84. The fourth-order valence-electron chi connectivity index (χ4n) is 1.21. The Morgan fingerprint density at radius 2 is 2.33 bits per heavy atom. The van der Waals surface area contributed by atoms with Crippen molar-refractivity contribution in [1.82, 2.24) is 4.90 Å². The first kappa shape index (κ1) is 12.0. The predicted molar refractivity (Wildman–Crippen MR) is 67.4 cm³/mol. The topological polar surface area (TPSA) is 41.6 Å². The Hall–Kier alpha value is -1.03. The van der Waals surface area contributed by atoms with Gasteiger partial charge in [-0.25, -0.2) is 0 Å². The summed E-state index contributed by atoms with van der Waals surface area (Å²) in [5, 5.41) is 2.10. The van der Waals surface area contributed by atoms with E-state index >= 15 is 0 Å². The Morgan fingerprint density at radius 3 is 2.87 bits per heavy atom. The molecule has 2 N–H and O–H groups in total. The smallest absolute Gasteiger partial charge is 0.191 e. The molecule has 0 aliphatic rings. The van der Waals surface area contributed by atoms with E-state index in [1.54, 1.807) is 11.3 Å². The number of guanidine groups is 1. The van der Waals surface area contributed by atoms with Gasteiger partial charge in [-0.3, -0.25) is 4.99 Å². The van der Waals surface area contributed by atoms with E-state index in [0.29, 0.717) is 5.96 Å². The van der Waals surface area contributed by atoms with Crippen LogP contribution < -0.4 is 5.73 Å². The van der Waals surface area contributed by atoms with Gasteiger partial charge in [-0.15, -0.1) is 11.3 Å². The number of nitrogens with zero attached hydrogens (tertiary/aromatic N) is 2. The predicted octanol–water partition coefficient (Wildman–Crippen LogP) is 1.95. The Balaban J connectivity index is 2.39. The second-order valence-corrected chi connectivity index (χ2v) is 4.86.